The summed E-state index contributed by atoms with van der Waals surface area (Å²) in [5.74, 6) is 0.163. The number of likely N-dealkylation sites (N-methyl/N-ethyl adjacent to an activating group) is 2. The molecule has 2 aliphatic rings. The number of nitrogens with zero attached hydrogens (tertiary/aromatic N) is 3. The smallest absolute Gasteiger partial charge is 0.444 e. The van der Waals surface area contributed by atoms with Gasteiger partial charge in [-0.2, -0.15) is 13.2 Å². The molecule has 1 N–H and O–H groups in total. The van der Waals surface area contributed by atoms with Crippen LogP contribution in [0.4, 0.5) is 18.0 Å². The van der Waals surface area contributed by atoms with Crippen molar-refractivity contribution >= 4 is 24.2 Å². The van der Waals surface area contributed by atoms with E-state index >= 15 is 0 Å². The van der Waals surface area contributed by atoms with Gasteiger partial charge in [0.25, 0.3) is 0 Å². The van der Waals surface area contributed by atoms with Crippen LogP contribution in [-0.2, 0) is 19.1 Å². The number of rotatable bonds is 0. The molecular formula is C20H37F3N4O5. The number of amides is 3. The van der Waals surface area contributed by atoms with E-state index in [1.165, 1.54) is 4.90 Å². The van der Waals surface area contributed by atoms with Crippen LogP contribution >= 0.6 is 0 Å². The minimum absolute atomic E-state index is 0. The Morgan fingerprint density at radius 2 is 1.50 bits per heavy atom. The van der Waals surface area contributed by atoms with Gasteiger partial charge in [0, 0.05) is 33.7 Å². The van der Waals surface area contributed by atoms with Crippen LogP contribution in [0.3, 0.4) is 0 Å². The third-order valence-electron chi connectivity index (χ3n) is 4.01. The first-order chi connectivity index (χ1) is 14.2. The van der Waals surface area contributed by atoms with E-state index in [0.717, 1.165) is 25.9 Å². The predicted molar refractivity (Wildman–Crippen MR) is 114 cm³/mol. The minimum atomic E-state index is -4.64. The maximum atomic E-state index is 11.8. The first-order valence-corrected chi connectivity index (χ1v) is 9.86. The number of carbonyl (C=O) groups is 4. The van der Waals surface area contributed by atoms with Crippen molar-refractivity contribution in [3.05, 3.63) is 0 Å². The van der Waals surface area contributed by atoms with Gasteiger partial charge in [-0.3, -0.25) is 19.3 Å². The summed E-state index contributed by atoms with van der Waals surface area (Å²) in [6.45, 7) is 9.21. The Morgan fingerprint density at radius 3 is 2.00 bits per heavy atom. The van der Waals surface area contributed by atoms with Crippen molar-refractivity contribution in [1.82, 2.24) is 20.0 Å². The van der Waals surface area contributed by atoms with Crippen molar-refractivity contribution in [2.24, 2.45) is 0 Å². The van der Waals surface area contributed by atoms with Crippen LogP contribution in [0.25, 0.3) is 0 Å². The standard InChI is InChI=1S/C11H20N2O3.C6H12N2O.C2HF3O.CH4/c1-11(2,3)16-10(15)13-7-5-6-12(4)9(14)8-13;1-8-4-2-3-7-5-6(8)9;3-2(4,5)1-6;/h5-8H2,1-4H3;7H,2-5H2,1H3;1H;1H4. The van der Waals surface area contributed by atoms with Gasteiger partial charge in [-0.1, -0.05) is 7.43 Å². The van der Waals surface area contributed by atoms with Gasteiger partial charge in [-0.25, -0.2) is 4.79 Å². The fourth-order valence-electron chi connectivity index (χ4n) is 2.37. The van der Waals surface area contributed by atoms with E-state index < -0.39 is 24.2 Å². The Balaban J connectivity index is 0. The van der Waals surface area contributed by atoms with E-state index in [9.17, 15) is 27.6 Å². The summed E-state index contributed by atoms with van der Waals surface area (Å²) in [5, 5.41) is 3.04. The zero-order chi connectivity index (χ0) is 24.2. The third-order valence-corrected chi connectivity index (χ3v) is 4.01. The first kappa shape index (κ1) is 31.8. The van der Waals surface area contributed by atoms with Gasteiger partial charge < -0.3 is 19.9 Å². The van der Waals surface area contributed by atoms with Crippen LogP contribution in [0, 0.1) is 0 Å². The molecule has 0 aromatic rings. The van der Waals surface area contributed by atoms with Crippen LogP contribution in [0.2, 0.25) is 0 Å². The Hall–Kier alpha value is -2.37. The van der Waals surface area contributed by atoms with Gasteiger partial charge in [0.1, 0.15) is 12.1 Å². The highest BCUT2D eigenvalue weighted by atomic mass is 19.4. The molecular weight excluding hydrogens is 433 g/mol. The van der Waals surface area contributed by atoms with Crippen LogP contribution in [-0.4, -0.2) is 104 Å². The molecule has 188 valence electrons. The summed E-state index contributed by atoms with van der Waals surface area (Å²) >= 11 is 0. The number of nitrogens with one attached hydrogen (secondary N) is 1. The highest BCUT2D eigenvalue weighted by Crippen LogP contribution is 2.12. The largest absolute Gasteiger partial charge is 0.446 e. The van der Waals surface area contributed by atoms with E-state index in [-0.39, 0.29) is 25.8 Å². The molecule has 0 aromatic heterocycles. The molecule has 12 heteroatoms. The molecule has 0 saturated carbocycles. The molecule has 2 rings (SSSR count). The summed E-state index contributed by atoms with van der Waals surface area (Å²) in [6, 6.07) is 0. The molecule has 0 spiro atoms. The summed E-state index contributed by atoms with van der Waals surface area (Å²) < 4.78 is 36.5. The lowest BCUT2D eigenvalue weighted by atomic mass is 10.2. The summed E-state index contributed by atoms with van der Waals surface area (Å²) in [6.07, 6.45) is -4.24. The lowest BCUT2D eigenvalue weighted by Crippen LogP contribution is -2.41. The molecule has 0 atom stereocenters. The minimum Gasteiger partial charge on any atom is -0.444 e. The van der Waals surface area contributed by atoms with Crippen molar-refractivity contribution in [2.75, 3.05) is 53.4 Å². The van der Waals surface area contributed by atoms with Gasteiger partial charge in [-0.05, 0) is 40.2 Å². The fourth-order valence-corrected chi connectivity index (χ4v) is 2.37. The fraction of sp³-hybridized carbons (Fsp3) is 0.800. The van der Waals surface area contributed by atoms with Crippen molar-refractivity contribution in [3.63, 3.8) is 0 Å². The number of aldehydes is 1. The van der Waals surface area contributed by atoms with Crippen molar-refractivity contribution in [3.8, 4) is 0 Å². The normalized spacial score (nSPS) is 17.4. The average molecular weight is 471 g/mol. The number of carbonyl (C=O) groups excluding carboxylic acids is 4. The van der Waals surface area contributed by atoms with Gasteiger partial charge in [0.15, 0.2) is 0 Å². The Morgan fingerprint density at radius 1 is 1.00 bits per heavy atom. The number of halogens is 3. The topological polar surface area (TPSA) is 99.3 Å². The molecule has 0 radical (unpaired) electrons. The molecule has 32 heavy (non-hydrogen) atoms. The Labute approximate surface area is 188 Å². The number of ether oxygens (including phenoxy) is 1. The van der Waals surface area contributed by atoms with Gasteiger partial charge in [0.05, 0.1) is 6.54 Å². The van der Waals surface area contributed by atoms with E-state index in [1.54, 1.807) is 16.8 Å². The van der Waals surface area contributed by atoms with Crippen LogP contribution in [0.5, 0.6) is 0 Å². The Bertz CT molecular complexity index is 609. The van der Waals surface area contributed by atoms with Crippen molar-refractivity contribution in [1.29, 1.82) is 0 Å². The van der Waals surface area contributed by atoms with Gasteiger partial charge >= 0.3 is 12.3 Å². The molecule has 2 saturated heterocycles. The molecule has 0 aliphatic carbocycles. The first-order valence-electron chi connectivity index (χ1n) is 9.86. The molecule has 3 amide bonds. The summed E-state index contributed by atoms with van der Waals surface area (Å²) in [5.41, 5.74) is -0.516. The number of alkyl halides is 3. The summed E-state index contributed by atoms with van der Waals surface area (Å²) in [4.78, 5) is 47.8. The Kier molecular flexibility index (Phi) is 14.6. The lowest BCUT2D eigenvalue weighted by Gasteiger charge is -2.25. The maximum Gasteiger partial charge on any atom is 0.446 e. The summed E-state index contributed by atoms with van der Waals surface area (Å²) in [7, 11) is 3.59. The lowest BCUT2D eigenvalue weighted by molar-refractivity contribution is -0.156. The van der Waals surface area contributed by atoms with Gasteiger partial charge in [-0.15, -0.1) is 0 Å². The third kappa shape index (κ3) is 15.4. The quantitative estimate of drug-likeness (QED) is 0.543. The highest BCUT2D eigenvalue weighted by molar-refractivity contribution is 5.82. The number of hydrogen-bond acceptors (Lipinski definition) is 6. The van der Waals surface area contributed by atoms with Crippen molar-refractivity contribution < 1.29 is 37.1 Å². The van der Waals surface area contributed by atoms with Gasteiger partial charge in [0.2, 0.25) is 18.1 Å². The molecule has 0 unspecified atom stereocenters. The molecule has 2 fully saturated rings. The van der Waals surface area contributed by atoms with E-state index in [0.29, 0.717) is 19.6 Å². The maximum absolute atomic E-state index is 11.8. The average Bonchev–Trinajstić information content (AvgIpc) is 2.93. The molecule has 0 aromatic carbocycles. The van der Waals surface area contributed by atoms with E-state index in [4.69, 9.17) is 9.53 Å². The molecule has 2 heterocycles. The molecule has 9 nitrogen and oxygen atoms in total. The zero-order valence-corrected chi connectivity index (χ0v) is 18.8. The second-order valence-corrected chi connectivity index (χ2v) is 8.08. The van der Waals surface area contributed by atoms with Crippen LogP contribution < -0.4 is 5.32 Å². The SMILES string of the molecule is C.CN1CCCN(C(=O)OC(C)(C)C)CC1=O.CN1CCCNCC1=O.O=CC(F)(F)F. The van der Waals surface area contributed by atoms with Crippen LogP contribution in [0.1, 0.15) is 41.0 Å². The van der Waals surface area contributed by atoms with E-state index in [1.807, 2.05) is 27.8 Å². The molecule has 0 bridgehead atoms. The highest BCUT2D eigenvalue weighted by Gasteiger charge is 2.27. The van der Waals surface area contributed by atoms with Crippen LogP contribution in [0.15, 0.2) is 0 Å². The number of hydrogen-bond donors (Lipinski definition) is 1. The predicted octanol–water partition coefficient (Wildman–Crippen LogP) is 1.91. The molecule has 2 aliphatic heterocycles. The second-order valence-electron chi connectivity index (χ2n) is 8.08. The van der Waals surface area contributed by atoms with E-state index in [2.05, 4.69) is 5.32 Å². The second kappa shape index (κ2) is 14.6. The monoisotopic (exact) mass is 470 g/mol. The van der Waals surface area contributed by atoms with Crippen molar-refractivity contribution in [2.45, 2.75) is 52.8 Å². The zero-order valence-electron chi connectivity index (χ0n) is 18.8.